The van der Waals surface area contributed by atoms with E-state index < -0.39 is 47.1 Å². The number of aryl methyl sites for hydroxylation is 1. The molecule has 2 fully saturated rings. The number of ether oxygens (including phenoxy) is 6. The second-order valence-corrected chi connectivity index (χ2v) is 21.6. The highest BCUT2D eigenvalue weighted by Gasteiger charge is 2.44. The number of rotatable bonds is 29. The number of likely N-dealkylation sites (tertiary alicyclic amines) is 2. The molecule has 0 unspecified atom stereocenters. The summed E-state index contributed by atoms with van der Waals surface area (Å²) in [5.74, 6) is -3.48. The Labute approximate surface area is 473 Å². The van der Waals surface area contributed by atoms with E-state index in [2.05, 4.69) is 20.7 Å². The second kappa shape index (κ2) is 29.7. The summed E-state index contributed by atoms with van der Waals surface area (Å²) in [6, 6.07) is 15.0. The van der Waals surface area contributed by atoms with E-state index in [9.17, 15) is 37.9 Å². The molecule has 3 aromatic carbocycles. The van der Waals surface area contributed by atoms with Crippen LogP contribution in [0.2, 0.25) is 0 Å². The van der Waals surface area contributed by atoms with Gasteiger partial charge < -0.3 is 65.4 Å². The molecule has 2 aliphatic rings. The van der Waals surface area contributed by atoms with Gasteiger partial charge in [0.1, 0.15) is 40.7 Å². The van der Waals surface area contributed by atoms with E-state index in [4.69, 9.17) is 39.9 Å². The fourth-order valence-electron chi connectivity index (χ4n) is 9.40. The number of carbonyl (C=O) groups excluding carboxylic acids is 5. The minimum absolute atomic E-state index is 0.000202. The summed E-state index contributed by atoms with van der Waals surface area (Å²) >= 11 is 1.56. The maximum absolute atomic E-state index is 14.1. The Morgan fingerprint density at radius 1 is 0.827 bits per heavy atom. The largest absolute Gasteiger partial charge is 0.454 e. The number of aliphatic hydroxyl groups is 1. The van der Waals surface area contributed by atoms with Crippen molar-refractivity contribution in [2.45, 2.75) is 90.6 Å². The van der Waals surface area contributed by atoms with Gasteiger partial charge in [-0.25, -0.2) is 18.4 Å². The van der Waals surface area contributed by atoms with Crippen LogP contribution in [0.3, 0.4) is 0 Å². The van der Waals surface area contributed by atoms with Gasteiger partial charge in [-0.1, -0.05) is 45.0 Å². The molecule has 21 nitrogen and oxygen atoms in total. The van der Waals surface area contributed by atoms with Gasteiger partial charge in [0.25, 0.3) is 5.91 Å². The number of aliphatic hydroxyl groups excluding tert-OH is 1. The number of nitrogen functional groups attached to an aromatic ring is 1. The number of primary amides is 1. The predicted molar refractivity (Wildman–Crippen MR) is 297 cm³/mol. The van der Waals surface area contributed by atoms with Crippen molar-refractivity contribution >= 4 is 46.7 Å². The first-order valence-electron chi connectivity index (χ1n) is 27.0. The van der Waals surface area contributed by atoms with Crippen LogP contribution in [0.1, 0.15) is 80.5 Å². The second-order valence-electron chi connectivity index (χ2n) is 20.8. The van der Waals surface area contributed by atoms with E-state index in [0.29, 0.717) is 64.5 Å². The number of piperidine rings is 1. The number of hydrogen-bond donors (Lipinski definition) is 5. The molecular weight excluding hydrogens is 1070 g/mol. The molecule has 81 heavy (non-hydrogen) atoms. The first-order chi connectivity index (χ1) is 38.9. The molecule has 4 atom stereocenters. The number of nitrogens with zero attached hydrogens (tertiary/aromatic N) is 5. The van der Waals surface area contributed by atoms with Crippen molar-refractivity contribution in [3.8, 4) is 33.2 Å². The number of halogens is 2. The molecule has 24 heteroatoms. The Morgan fingerprint density at radius 3 is 2.04 bits per heavy atom. The highest BCUT2D eigenvalue weighted by Crippen LogP contribution is 2.35. The zero-order valence-electron chi connectivity index (χ0n) is 46.2. The molecule has 7 N–H and O–H groups in total. The maximum Gasteiger partial charge on any atom is 0.254 e. The zero-order valence-corrected chi connectivity index (χ0v) is 47.0. The Balaban J connectivity index is 0.704. The lowest BCUT2D eigenvalue weighted by atomic mass is 9.85. The van der Waals surface area contributed by atoms with Crippen LogP contribution >= 0.6 is 11.3 Å². The van der Waals surface area contributed by atoms with Crippen molar-refractivity contribution in [1.82, 2.24) is 35.2 Å². The van der Waals surface area contributed by atoms with Gasteiger partial charge in [-0.05, 0) is 72.7 Å². The minimum Gasteiger partial charge on any atom is -0.454 e. The van der Waals surface area contributed by atoms with Gasteiger partial charge in [0.2, 0.25) is 23.6 Å². The SMILES string of the molecule is Cc1ncsc1-c1ccc(CNC(=O)[C@@H]2C[C@@H](O)CN2C(=O)[C@@H](NC(=O)CCOCCOCCOCCOCCOCCC(=O)N2CCC[C@@H](n3nc(-c4ccc(Oc5ccc(F)cc5F)cc4)c(C(N)=O)c3N)C2)C(C)(C)C)cc1. The van der Waals surface area contributed by atoms with Crippen LogP contribution in [-0.4, -0.2) is 163 Å². The molecule has 5 aromatic rings. The van der Waals surface area contributed by atoms with Crippen molar-refractivity contribution in [2.24, 2.45) is 11.1 Å². The van der Waals surface area contributed by atoms with E-state index >= 15 is 0 Å². The smallest absolute Gasteiger partial charge is 0.254 e. The third kappa shape index (κ3) is 17.5. The molecule has 0 aliphatic carbocycles. The lowest BCUT2D eigenvalue weighted by molar-refractivity contribution is -0.144. The average molecular weight is 1150 g/mol. The fraction of sp³-hybridized carbons (Fsp3) is 0.491. The monoisotopic (exact) mass is 1150 g/mol. The van der Waals surface area contributed by atoms with Crippen molar-refractivity contribution in [1.29, 1.82) is 0 Å². The van der Waals surface area contributed by atoms with Crippen LogP contribution in [-0.2, 0) is 49.4 Å². The number of hydrogen-bond acceptors (Lipinski definition) is 16. The summed E-state index contributed by atoms with van der Waals surface area (Å²) in [6.07, 6.45) is 0.703. The van der Waals surface area contributed by atoms with Gasteiger partial charge in [-0.2, -0.15) is 5.10 Å². The summed E-state index contributed by atoms with van der Waals surface area (Å²) < 4.78 is 62.5. The third-order valence-electron chi connectivity index (χ3n) is 13.7. The molecule has 2 aromatic heterocycles. The summed E-state index contributed by atoms with van der Waals surface area (Å²) in [5, 5.41) is 21.0. The first-order valence-corrected chi connectivity index (χ1v) is 27.9. The van der Waals surface area contributed by atoms with Gasteiger partial charge >= 0.3 is 0 Å². The number of β-amino-alcohol motifs (C(OH)–C–C–N with tert-alkyl or cyclic N) is 1. The van der Waals surface area contributed by atoms with E-state index in [0.717, 1.165) is 33.8 Å². The predicted octanol–water partition coefficient (Wildman–Crippen LogP) is 5.57. The Bertz CT molecular complexity index is 2900. The number of amides is 5. The standard InChI is InChI=1S/C57H73F2N9O12S/c1-36-51(81-35-63-36)39-9-7-37(8-10-39)32-62-55(73)45-31-42(69)34-67(45)56(74)52(57(2,3)4)64-47(70)17-20-75-22-24-77-26-28-79-29-27-78-25-23-76-21-18-48(71)66-19-5-6-41(33-66)68-53(60)49(54(61)72)50(65-68)38-11-14-43(15-12-38)80-46-16-13-40(58)30-44(46)59/h7-16,30,35,41-42,45,52,69H,5-6,17-29,31-34,60H2,1-4H3,(H2,61,72)(H,62,73)(H,64,70)/t41-,42-,45+,52-/m1/s1. The number of carbonyl (C=O) groups is 5. The van der Waals surface area contributed by atoms with Crippen LogP contribution < -0.4 is 26.8 Å². The third-order valence-corrected chi connectivity index (χ3v) is 14.6. The van der Waals surface area contributed by atoms with Gasteiger partial charge in [0.05, 0.1) is 101 Å². The topological polar surface area (TPSA) is 274 Å². The van der Waals surface area contributed by atoms with Gasteiger partial charge in [-0.3, -0.25) is 24.0 Å². The molecule has 0 radical (unpaired) electrons. The van der Waals surface area contributed by atoms with E-state index in [1.54, 1.807) is 46.0 Å². The summed E-state index contributed by atoms with van der Waals surface area (Å²) in [7, 11) is 0. The Hall–Kier alpha value is -6.93. The Kier molecular flexibility index (Phi) is 22.6. The molecule has 4 heterocycles. The average Bonchev–Trinajstić information content (AvgIpc) is 4.18. The van der Waals surface area contributed by atoms with Crippen LogP contribution in [0.25, 0.3) is 21.7 Å². The minimum atomic E-state index is -0.953. The molecule has 0 bridgehead atoms. The van der Waals surface area contributed by atoms with E-state index in [-0.39, 0.29) is 118 Å². The molecule has 2 aliphatic heterocycles. The normalized spacial score (nSPS) is 16.8. The van der Waals surface area contributed by atoms with Crippen LogP contribution in [0.15, 0.2) is 72.2 Å². The van der Waals surface area contributed by atoms with Crippen molar-refractivity contribution in [2.75, 3.05) is 91.4 Å². The molecular formula is C57H73F2N9O12S. The van der Waals surface area contributed by atoms with Crippen molar-refractivity contribution < 1.29 is 66.3 Å². The number of nitrogens with one attached hydrogen (secondary N) is 2. The number of aromatic nitrogens is 3. The summed E-state index contributed by atoms with van der Waals surface area (Å²) in [5.41, 5.74) is 17.0. The van der Waals surface area contributed by atoms with E-state index in [1.165, 1.54) is 15.6 Å². The lowest BCUT2D eigenvalue weighted by Gasteiger charge is -2.35. The molecule has 2 saturated heterocycles. The molecule has 7 rings (SSSR count). The highest BCUT2D eigenvalue weighted by molar-refractivity contribution is 7.13. The summed E-state index contributed by atoms with van der Waals surface area (Å²) in [6.45, 7) is 11.3. The number of thiazole rings is 1. The Morgan fingerprint density at radius 2 is 1.44 bits per heavy atom. The van der Waals surface area contributed by atoms with Crippen LogP contribution in [0.4, 0.5) is 14.6 Å². The highest BCUT2D eigenvalue weighted by atomic mass is 32.1. The quantitative estimate of drug-likeness (QED) is 0.0366. The molecule has 0 spiro atoms. The fourth-order valence-corrected chi connectivity index (χ4v) is 10.2. The number of benzene rings is 3. The number of anilines is 1. The maximum atomic E-state index is 14.1. The molecule has 5 amide bonds. The lowest BCUT2D eigenvalue weighted by Crippen LogP contribution is -2.57. The zero-order chi connectivity index (χ0) is 58.1. The molecule has 0 saturated carbocycles. The van der Waals surface area contributed by atoms with Crippen molar-refractivity contribution in [3.63, 3.8) is 0 Å². The summed E-state index contributed by atoms with van der Waals surface area (Å²) in [4.78, 5) is 74.7. The van der Waals surface area contributed by atoms with E-state index in [1.807, 2.05) is 52.0 Å². The van der Waals surface area contributed by atoms with Gasteiger partial charge in [0, 0.05) is 50.7 Å². The first kappa shape index (κ1) is 61.7. The van der Waals surface area contributed by atoms with Crippen molar-refractivity contribution in [3.05, 3.63) is 101 Å². The van der Waals surface area contributed by atoms with Gasteiger partial charge in [-0.15, -0.1) is 11.3 Å². The number of nitrogens with two attached hydrogens (primary N) is 2. The van der Waals surface area contributed by atoms with Crippen LogP contribution in [0.5, 0.6) is 11.5 Å². The van der Waals surface area contributed by atoms with Crippen LogP contribution in [0, 0.1) is 24.0 Å². The molecule has 438 valence electrons. The van der Waals surface area contributed by atoms with Gasteiger partial charge in [0.15, 0.2) is 11.6 Å².